The van der Waals surface area contributed by atoms with Crippen molar-refractivity contribution >= 4 is 17.3 Å². The smallest absolute Gasteiger partial charge is 0.0455 e. The Kier molecular flexibility index (Phi) is 3.37. The van der Waals surface area contributed by atoms with Crippen molar-refractivity contribution in [2.24, 2.45) is 11.3 Å². The monoisotopic (exact) mass is 312 g/mol. The highest BCUT2D eigenvalue weighted by Crippen LogP contribution is 2.53. The van der Waals surface area contributed by atoms with Crippen LogP contribution in [0.2, 0.25) is 5.02 Å². The van der Waals surface area contributed by atoms with E-state index in [1.807, 2.05) is 18.5 Å². The second-order valence-electron chi connectivity index (χ2n) is 7.13. The molecule has 22 heavy (non-hydrogen) atoms. The number of benzene rings is 1. The Morgan fingerprint density at radius 2 is 2.09 bits per heavy atom. The Morgan fingerprint density at radius 1 is 1.27 bits per heavy atom. The average molecular weight is 313 g/mol. The summed E-state index contributed by atoms with van der Waals surface area (Å²) in [6.45, 7) is 4.44. The van der Waals surface area contributed by atoms with Gasteiger partial charge in [-0.2, -0.15) is 0 Å². The summed E-state index contributed by atoms with van der Waals surface area (Å²) in [5, 5.41) is 0.876. The van der Waals surface area contributed by atoms with E-state index in [4.69, 9.17) is 11.6 Å². The van der Waals surface area contributed by atoms with Gasteiger partial charge in [-0.3, -0.25) is 4.98 Å². The molecule has 3 heteroatoms. The summed E-state index contributed by atoms with van der Waals surface area (Å²) in [6, 6.07) is 10.7. The Labute approximate surface area is 137 Å². The fourth-order valence-corrected chi connectivity index (χ4v) is 4.32. The van der Waals surface area contributed by atoms with Gasteiger partial charge in [0.05, 0.1) is 0 Å². The first-order chi connectivity index (χ1) is 10.6. The van der Waals surface area contributed by atoms with E-state index in [-0.39, 0.29) is 0 Å². The molecule has 1 aromatic heterocycles. The van der Waals surface area contributed by atoms with Gasteiger partial charge in [0, 0.05) is 41.6 Å². The lowest BCUT2D eigenvalue weighted by Gasteiger charge is -2.60. The fourth-order valence-electron chi connectivity index (χ4n) is 4.14. The van der Waals surface area contributed by atoms with Crippen molar-refractivity contribution in [2.45, 2.75) is 26.2 Å². The van der Waals surface area contributed by atoms with Gasteiger partial charge >= 0.3 is 0 Å². The molecule has 0 amide bonds. The van der Waals surface area contributed by atoms with Crippen LogP contribution < -0.4 is 4.90 Å². The van der Waals surface area contributed by atoms with E-state index in [9.17, 15) is 0 Å². The Morgan fingerprint density at radius 3 is 2.77 bits per heavy atom. The van der Waals surface area contributed by atoms with E-state index in [0.29, 0.717) is 5.41 Å². The number of rotatable bonds is 3. The zero-order valence-electron chi connectivity index (χ0n) is 12.9. The average Bonchev–Trinajstić information content (AvgIpc) is 2.44. The number of pyridine rings is 1. The first-order valence-electron chi connectivity index (χ1n) is 8.04. The van der Waals surface area contributed by atoms with E-state index < -0.39 is 0 Å². The summed E-state index contributed by atoms with van der Waals surface area (Å²) in [6.07, 6.45) is 7.76. The van der Waals surface area contributed by atoms with Crippen LogP contribution in [0.25, 0.3) is 0 Å². The summed E-state index contributed by atoms with van der Waals surface area (Å²) in [5.74, 6) is 0.841. The summed E-state index contributed by atoms with van der Waals surface area (Å²) in [7, 11) is 0. The molecule has 1 aromatic carbocycles. The van der Waals surface area contributed by atoms with Gasteiger partial charge in [-0.05, 0) is 61.4 Å². The third-order valence-corrected chi connectivity index (χ3v) is 5.67. The third kappa shape index (κ3) is 2.50. The molecular formula is C19H21ClN2. The van der Waals surface area contributed by atoms with Crippen molar-refractivity contribution in [3.8, 4) is 0 Å². The molecule has 114 valence electrons. The van der Waals surface area contributed by atoms with E-state index in [1.165, 1.54) is 43.6 Å². The van der Waals surface area contributed by atoms with E-state index in [2.05, 4.69) is 41.1 Å². The second kappa shape index (κ2) is 5.27. The maximum absolute atomic E-state index is 6.24. The Hall–Kier alpha value is -1.54. The van der Waals surface area contributed by atoms with Gasteiger partial charge in [-0.25, -0.2) is 0 Å². The normalized spacial score (nSPS) is 19.8. The molecule has 1 aliphatic carbocycles. The van der Waals surface area contributed by atoms with Crippen molar-refractivity contribution in [1.82, 2.24) is 4.98 Å². The molecule has 1 saturated carbocycles. The van der Waals surface area contributed by atoms with Crippen LogP contribution in [0.5, 0.6) is 0 Å². The number of aryl methyl sites for hydroxylation is 1. The fraction of sp³-hybridized carbons (Fsp3) is 0.421. The standard InChI is InChI=1S/C19H21ClN2/c1-14-4-5-17(8-18(14)20)22-12-19(13-22)9-16(10-19)7-15-3-2-6-21-11-15/h2-6,8,11,16H,7,9-10,12-13H2,1H3. The van der Waals surface area contributed by atoms with E-state index in [1.54, 1.807) is 0 Å². The van der Waals surface area contributed by atoms with Crippen molar-refractivity contribution in [1.29, 1.82) is 0 Å². The highest BCUT2D eigenvalue weighted by molar-refractivity contribution is 6.31. The minimum absolute atomic E-state index is 0.574. The van der Waals surface area contributed by atoms with E-state index in [0.717, 1.165) is 16.5 Å². The molecule has 0 atom stereocenters. The molecule has 2 heterocycles. The summed E-state index contributed by atoms with van der Waals surface area (Å²) < 4.78 is 0. The largest absolute Gasteiger partial charge is 0.370 e. The van der Waals surface area contributed by atoms with Crippen LogP contribution in [0.1, 0.15) is 24.0 Å². The predicted molar refractivity (Wildman–Crippen MR) is 91.5 cm³/mol. The zero-order valence-corrected chi connectivity index (χ0v) is 13.7. The number of hydrogen-bond acceptors (Lipinski definition) is 2. The lowest BCUT2D eigenvalue weighted by Crippen LogP contribution is -2.62. The van der Waals surface area contributed by atoms with Gasteiger partial charge in [0.1, 0.15) is 0 Å². The quantitative estimate of drug-likeness (QED) is 0.829. The molecule has 0 unspecified atom stereocenters. The lowest BCUT2D eigenvalue weighted by atomic mass is 9.56. The maximum atomic E-state index is 6.24. The number of hydrogen-bond donors (Lipinski definition) is 0. The van der Waals surface area contributed by atoms with Crippen LogP contribution in [0.15, 0.2) is 42.7 Å². The number of aromatic nitrogens is 1. The van der Waals surface area contributed by atoms with Crippen LogP contribution >= 0.6 is 11.6 Å². The minimum Gasteiger partial charge on any atom is -0.370 e. The SMILES string of the molecule is Cc1ccc(N2CC3(CC(Cc4cccnc4)C3)C2)cc1Cl. The van der Waals surface area contributed by atoms with Crippen LogP contribution in [0.3, 0.4) is 0 Å². The summed E-state index contributed by atoms with van der Waals surface area (Å²) in [4.78, 5) is 6.68. The van der Waals surface area contributed by atoms with Crippen LogP contribution in [-0.4, -0.2) is 18.1 Å². The number of halogens is 1. The molecule has 0 N–H and O–H groups in total. The molecule has 0 radical (unpaired) electrons. The summed E-state index contributed by atoms with van der Waals surface area (Å²) in [5.41, 5.74) is 4.38. The van der Waals surface area contributed by atoms with Crippen molar-refractivity contribution in [3.63, 3.8) is 0 Å². The van der Waals surface area contributed by atoms with Crippen molar-refractivity contribution < 1.29 is 0 Å². The van der Waals surface area contributed by atoms with Crippen molar-refractivity contribution in [2.75, 3.05) is 18.0 Å². The zero-order chi connectivity index (χ0) is 15.2. The Balaban J connectivity index is 1.32. The highest BCUT2D eigenvalue weighted by atomic mass is 35.5. The molecule has 1 aliphatic heterocycles. The molecule has 2 aromatic rings. The molecule has 2 fully saturated rings. The van der Waals surface area contributed by atoms with E-state index >= 15 is 0 Å². The molecule has 2 nitrogen and oxygen atoms in total. The first-order valence-corrected chi connectivity index (χ1v) is 8.41. The van der Waals surface area contributed by atoms with Crippen LogP contribution in [0, 0.1) is 18.3 Å². The van der Waals surface area contributed by atoms with Gasteiger partial charge < -0.3 is 4.90 Å². The van der Waals surface area contributed by atoms with Gasteiger partial charge in [-0.1, -0.05) is 23.7 Å². The second-order valence-corrected chi connectivity index (χ2v) is 7.54. The molecule has 1 saturated heterocycles. The number of anilines is 1. The maximum Gasteiger partial charge on any atom is 0.0455 e. The molecule has 0 bridgehead atoms. The first kappa shape index (κ1) is 14.1. The van der Waals surface area contributed by atoms with Gasteiger partial charge in [0.15, 0.2) is 0 Å². The molecule has 1 spiro atoms. The molecule has 2 aliphatic rings. The Bertz CT molecular complexity index is 669. The predicted octanol–water partition coefficient (Wildman–Crippen LogP) is 4.50. The minimum atomic E-state index is 0.574. The topological polar surface area (TPSA) is 16.1 Å². The van der Waals surface area contributed by atoms with Crippen LogP contribution in [0.4, 0.5) is 5.69 Å². The number of nitrogens with zero attached hydrogens (tertiary/aromatic N) is 2. The van der Waals surface area contributed by atoms with Crippen LogP contribution in [-0.2, 0) is 6.42 Å². The summed E-state index contributed by atoms with van der Waals surface area (Å²) >= 11 is 6.24. The molecular weight excluding hydrogens is 292 g/mol. The lowest BCUT2D eigenvalue weighted by molar-refractivity contribution is 0.0240. The van der Waals surface area contributed by atoms with Gasteiger partial charge in [0.25, 0.3) is 0 Å². The van der Waals surface area contributed by atoms with Gasteiger partial charge in [0.2, 0.25) is 0 Å². The third-order valence-electron chi connectivity index (χ3n) is 5.26. The molecule has 4 rings (SSSR count). The van der Waals surface area contributed by atoms with Crippen molar-refractivity contribution in [3.05, 3.63) is 58.9 Å². The highest BCUT2D eigenvalue weighted by Gasteiger charge is 2.51. The van der Waals surface area contributed by atoms with Gasteiger partial charge in [-0.15, -0.1) is 0 Å².